The molecule has 1 heterocycles. The van der Waals surface area contributed by atoms with Crippen molar-refractivity contribution in [1.82, 2.24) is 0 Å². The zero-order valence-corrected chi connectivity index (χ0v) is 15.5. The average Bonchev–Trinajstić information content (AvgIpc) is 2.48. The maximum atomic E-state index is 12.5. The number of carbonyl (C=O) groups is 1. The number of benzene rings is 1. The van der Waals surface area contributed by atoms with E-state index in [1.165, 1.54) is 23.9 Å². The number of hydrogen-bond donors (Lipinski definition) is 0. The summed E-state index contributed by atoms with van der Waals surface area (Å²) in [5.41, 5.74) is 3.73. The SMILES string of the molecule is CCCC[C@H](C(=O)OC)N1c2cc(C)ccc2[C@@H](C)CC1(C)C. The van der Waals surface area contributed by atoms with Crippen LogP contribution in [0.1, 0.15) is 70.4 Å². The van der Waals surface area contributed by atoms with Gasteiger partial charge in [0.05, 0.1) is 7.11 Å². The molecule has 0 bridgehead atoms. The van der Waals surface area contributed by atoms with E-state index < -0.39 is 0 Å². The third kappa shape index (κ3) is 3.54. The van der Waals surface area contributed by atoms with Crippen LogP contribution in [0.4, 0.5) is 5.69 Å². The minimum Gasteiger partial charge on any atom is -0.467 e. The molecule has 3 heteroatoms. The van der Waals surface area contributed by atoms with Crippen molar-refractivity contribution < 1.29 is 9.53 Å². The van der Waals surface area contributed by atoms with Crippen LogP contribution in [0.2, 0.25) is 0 Å². The summed E-state index contributed by atoms with van der Waals surface area (Å²) in [6.45, 7) is 11.1. The Morgan fingerprint density at radius 2 is 2.13 bits per heavy atom. The van der Waals surface area contributed by atoms with Crippen molar-refractivity contribution in [3.8, 4) is 0 Å². The van der Waals surface area contributed by atoms with E-state index in [4.69, 9.17) is 4.74 Å². The van der Waals surface area contributed by atoms with Gasteiger partial charge in [0.1, 0.15) is 6.04 Å². The fourth-order valence-corrected chi connectivity index (χ4v) is 4.04. The molecule has 0 aliphatic carbocycles. The predicted molar refractivity (Wildman–Crippen MR) is 96.1 cm³/mol. The van der Waals surface area contributed by atoms with Gasteiger partial charge in [0, 0.05) is 11.2 Å². The van der Waals surface area contributed by atoms with E-state index in [9.17, 15) is 4.79 Å². The van der Waals surface area contributed by atoms with Gasteiger partial charge in [-0.1, -0.05) is 38.8 Å². The highest BCUT2D eigenvalue weighted by molar-refractivity contribution is 5.82. The van der Waals surface area contributed by atoms with Gasteiger partial charge in [0.15, 0.2) is 0 Å². The molecule has 0 spiro atoms. The first-order chi connectivity index (χ1) is 10.8. The van der Waals surface area contributed by atoms with Gasteiger partial charge in [-0.15, -0.1) is 0 Å². The first-order valence-electron chi connectivity index (χ1n) is 8.79. The van der Waals surface area contributed by atoms with Gasteiger partial charge in [-0.05, 0) is 56.7 Å². The molecule has 128 valence electrons. The molecule has 23 heavy (non-hydrogen) atoms. The van der Waals surface area contributed by atoms with Crippen molar-refractivity contribution in [2.45, 2.75) is 77.8 Å². The third-order valence-electron chi connectivity index (χ3n) is 5.05. The molecule has 0 saturated carbocycles. The molecule has 0 N–H and O–H groups in total. The molecule has 1 aliphatic heterocycles. The first kappa shape index (κ1) is 17.8. The quantitative estimate of drug-likeness (QED) is 0.729. The molecule has 1 aromatic carbocycles. The molecule has 1 aromatic rings. The largest absolute Gasteiger partial charge is 0.467 e. The minimum absolute atomic E-state index is 0.0627. The van der Waals surface area contributed by atoms with Crippen LogP contribution in [0.25, 0.3) is 0 Å². The fourth-order valence-electron chi connectivity index (χ4n) is 4.04. The van der Waals surface area contributed by atoms with Crippen molar-refractivity contribution >= 4 is 11.7 Å². The smallest absolute Gasteiger partial charge is 0.328 e. The standard InChI is InChI=1S/C20H31NO2/c1-7-8-9-17(19(22)23-6)21-18-12-14(2)10-11-16(18)15(3)13-20(21,4)5/h10-12,15,17H,7-9,13H2,1-6H3/t15-,17+/m0/s1. The number of rotatable bonds is 5. The van der Waals surface area contributed by atoms with Crippen molar-refractivity contribution in [3.05, 3.63) is 29.3 Å². The molecular weight excluding hydrogens is 286 g/mol. The van der Waals surface area contributed by atoms with Crippen LogP contribution >= 0.6 is 0 Å². The van der Waals surface area contributed by atoms with Crippen LogP contribution in [-0.2, 0) is 9.53 Å². The summed E-state index contributed by atoms with van der Waals surface area (Å²) in [7, 11) is 1.50. The Balaban J connectivity index is 2.53. The highest BCUT2D eigenvalue weighted by atomic mass is 16.5. The lowest BCUT2D eigenvalue weighted by molar-refractivity contribution is -0.142. The van der Waals surface area contributed by atoms with Gasteiger partial charge < -0.3 is 9.64 Å². The van der Waals surface area contributed by atoms with E-state index >= 15 is 0 Å². The molecule has 0 radical (unpaired) electrons. The average molecular weight is 317 g/mol. The Morgan fingerprint density at radius 1 is 1.43 bits per heavy atom. The molecule has 0 saturated heterocycles. The van der Waals surface area contributed by atoms with Gasteiger partial charge in [-0.25, -0.2) is 4.79 Å². The van der Waals surface area contributed by atoms with Gasteiger partial charge in [0.25, 0.3) is 0 Å². The van der Waals surface area contributed by atoms with E-state index in [2.05, 4.69) is 57.7 Å². The monoisotopic (exact) mass is 317 g/mol. The van der Waals surface area contributed by atoms with Gasteiger partial charge in [-0.3, -0.25) is 0 Å². The Bertz CT molecular complexity index is 565. The maximum Gasteiger partial charge on any atom is 0.328 e. The molecule has 1 aliphatic rings. The van der Waals surface area contributed by atoms with Crippen molar-refractivity contribution in [2.75, 3.05) is 12.0 Å². The Morgan fingerprint density at radius 3 is 2.74 bits per heavy atom. The molecule has 0 amide bonds. The second kappa shape index (κ2) is 6.94. The lowest BCUT2D eigenvalue weighted by Gasteiger charge is -2.50. The lowest BCUT2D eigenvalue weighted by Crippen LogP contribution is -2.56. The second-order valence-electron chi connectivity index (χ2n) is 7.53. The summed E-state index contributed by atoms with van der Waals surface area (Å²) < 4.78 is 5.15. The predicted octanol–water partition coefficient (Wildman–Crippen LogP) is 4.82. The summed E-state index contributed by atoms with van der Waals surface area (Å²) in [6.07, 6.45) is 4.00. The van der Waals surface area contributed by atoms with Crippen molar-refractivity contribution in [2.24, 2.45) is 0 Å². The van der Waals surface area contributed by atoms with Crippen LogP contribution in [0.3, 0.4) is 0 Å². The maximum absolute atomic E-state index is 12.5. The Labute approximate surface area is 141 Å². The van der Waals surface area contributed by atoms with Crippen LogP contribution in [0, 0.1) is 6.92 Å². The number of unbranched alkanes of at least 4 members (excludes halogenated alkanes) is 1. The molecule has 2 rings (SSSR count). The minimum atomic E-state index is -0.206. The fraction of sp³-hybridized carbons (Fsp3) is 0.650. The Kier molecular flexibility index (Phi) is 5.38. The zero-order valence-electron chi connectivity index (χ0n) is 15.5. The van der Waals surface area contributed by atoms with Crippen LogP contribution in [0.5, 0.6) is 0 Å². The number of carbonyl (C=O) groups excluding carboxylic acids is 1. The normalized spacial score (nSPS) is 20.8. The number of fused-ring (bicyclic) bond motifs is 1. The number of esters is 1. The lowest BCUT2D eigenvalue weighted by atomic mass is 9.78. The highest BCUT2D eigenvalue weighted by Gasteiger charge is 2.42. The molecule has 0 aromatic heterocycles. The van der Waals surface area contributed by atoms with Crippen LogP contribution < -0.4 is 4.90 Å². The third-order valence-corrected chi connectivity index (χ3v) is 5.05. The highest BCUT2D eigenvalue weighted by Crippen LogP contribution is 2.45. The number of nitrogens with zero attached hydrogens (tertiary/aromatic N) is 1. The van der Waals surface area contributed by atoms with Gasteiger partial charge in [-0.2, -0.15) is 0 Å². The first-order valence-corrected chi connectivity index (χ1v) is 8.79. The number of aryl methyl sites for hydroxylation is 1. The second-order valence-corrected chi connectivity index (χ2v) is 7.53. The number of methoxy groups -OCH3 is 1. The molecule has 3 nitrogen and oxygen atoms in total. The molecule has 2 atom stereocenters. The zero-order chi connectivity index (χ0) is 17.2. The summed E-state index contributed by atoms with van der Waals surface area (Å²) in [5.74, 6) is 0.384. The van der Waals surface area contributed by atoms with Crippen molar-refractivity contribution in [1.29, 1.82) is 0 Å². The van der Waals surface area contributed by atoms with E-state index in [1.54, 1.807) is 0 Å². The molecule has 0 fully saturated rings. The van der Waals surface area contributed by atoms with E-state index in [1.807, 2.05) is 0 Å². The van der Waals surface area contributed by atoms with Gasteiger partial charge >= 0.3 is 5.97 Å². The summed E-state index contributed by atoms with van der Waals surface area (Å²) in [5, 5.41) is 0. The summed E-state index contributed by atoms with van der Waals surface area (Å²) in [6, 6.07) is 6.42. The number of anilines is 1. The topological polar surface area (TPSA) is 29.5 Å². The van der Waals surface area contributed by atoms with Gasteiger partial charge in [0.2, 0.25) is 0 Å². The van der Waals surface area contributed by atoms with E-state index in [0.717, 1.165) is 25.7 Å². The Hall–Kier alpha value is -1.51. The van der Waals surface area contributed by atoms with E-state index in [0.29, 0.717) is 5.92 Å². The van der Waals surface area contributed by atoms with Crippen LogP contribution in [0.15, 0.2) is 18.2 Å². The van der Waals surface area contributed by atoms with Crippen molar-refractivity contribution in [3.63, 3.8) is 0 Å². The molecular formula is C20H31NO2. The molecule has 0 unspecified atom stereocenters. The number of hydrogen-bond acceptors (Lipinski definition) is 3. The van der Waals surface area contributed by atoms with E-state index in [-0.39, 0.29) is 17.6 Å². The summed E-state index contributed by atoms with van der Waals surface area (Å²) >= 11 is 0. The summed E-state index contributed by atoms with van der Waals surface area (Å²) in [4.78, 5) is 14.8. The number of ether oxygens (including phenoxy) is 1. The van der Waals surface area contributed by atoms with Crippen LogP contribution in [-0.4, -0.2) is 24.7 Å².